The lowest BCUT2D eigenvalue weighted by Gasteiger charge is -2.37. The molecule has 2 aliphatic rings. The molecular formula is C46H54N2O11S. The predicted molar refractivity (Wildman–Crippen MR) is 225 cm³/mol. The number of hydrogen-bond donors (Lipinski definition) is 1. The lowest BCUT2D eigenvalue weighted by atomic mass is 9.71. The molecule has 3 aromatic rings. The van der Waals surface area contributed by atoms with E-state index in [0.29, 0.717) is 18.4 Å². The molecule has 0 aliphatic carbocycles. The van der Waals surface area contributed by atoms with E-state index in [4.69, 9.17) is 18.9 Å². The molecule has 0 bridgehead atoms. The molecule has 2 amide bonds. The average molecular weight is 843 g/mol. The summed E-state index contributed by atoms with van der Waals surface area (Å²) in [6.45, 7) is 12.7. The van der Waals surface area contributed by atoms with Gasteiger partial charge in [-0.1, -0.05) is 42.8 Å². The van der Waals surface area contributed by atoms with Crippen molar-refractivity contribution in [3.05, 3.63) is 95.1 Å². The Labute approximate surface area is 354 Å². The molecular weight excluding hydrogens is 789 g/mol. The number of esters is 2. The summed E-state index contributed by atoms with van der Waals surface area (Å²) in [4.78, 5) is 83.2. The maximum absolute atomic E-state index is 14.4. The number of hydrogen-bond acceptors (Lipinski definition) is 13. The number of ketones is 1. The molecule has 14 heteroatoms. The third kappa shape index (κ3) is 12.1. The summed E-state index contributed by atoms with van der Waals surface area (Å²) in [5, 5.41) is 12.4. The number of allylic oxidation sites excluding steroid dienone is 2. The maximum atomic E-state index is 14.4. The quantitative estimate of drug-likeness (QED) is 0.0849. The standard InChI is InChI=1S/C46H54N2O11S/c1-7-10-34-43(53)29(3)12-8-11-28(2)14-20-36(32-17-21-37-35(25-32)47-30(4)60-37)58-42(52)26-38(46(5,6)44(34)54)59-45(55)56-27-31-15-18-33(19-16-31)57-41(51)13-9-24-48-39(49)22-23-40(48)50/h7,14-19,21-23,25,29,34,36,38,43,53H,1,8-13,20,24,26-27H2,2-6H3/t29-,34+,36-,38-,43-/m0/s1. The molecule has 5 rings (SSSR count). The van der Waals surface area contributed by atoms with Crippen molar-refractivity contribution >= 4 is 57.2 Å². The zero-order valence-corrected chi connectivity index (χ0v) is 35.7. The Morgan fingerprint density at radius 2 is 1.78 bits per heavy atom. The highest BCUT2D eigenvalue weighted by Crippen LogP contribution is 2.37. The predicted octanol–water partition coefficient (Wildman–Crippen LogP) is 8.22. The summed E-state index contributed by atoms with van der Waals surface area (Å²) >= 11 is 1.57. The van der Waals surface area contributed by atoms with Gasteiger partial charge in [0, 0.05) is 37.5 Å². The van der Waals surface area contributed by atoms with Crippen molar-refractivity contribution in [3.8, 4) is 5.75 Å². The van der Waals surface area contributed by atoms with Gasteiger partial charge in [-0.05, 0) is 101 Å². The highest BCUT2D eigenvalue weighted by atomic mass is 32.1. The summed E-state index contributed by atoms with van der Waals surface area (Å²) in [6, 6.07) is 12.0. The third-order valence-corrected chi connectivity index (χ3v) is 12.0. The number of benzene rings is 2. The van der Waals surface area contributed by atoms with E-state index < -0.39 is 71.8 Å². The fourth-order valence-corrected chi connectivity index (χ4v) is 8.18. The van der Waals surface area contributed by atoms with Gasteiger partial charge in [0.15, 0.2) is 0 Å². The van der Waals surface area contributed by atoms with Crippen LogP contribution in [0.4, 0.5) is 4.79 Å². The van der Waals surface area contributed by atoms with E-state index in [0.717, 1.165) is 44.1 Å². The number of fused-ring (bicyclic) bond motifs is 1. The Kier molecular flexibility index (Phi) is 15.7. The monoisotopic (exact) mass is 842 g/mol. The second-order valence-corrected chi connectivity index (χ2v) is 17.3. The van der Waals surface area contributed by atoms with Crippen molar-refractivity contribution in [2.24, 2.45) is 17.3 Å². The van der Waals surface area contributed by atoms with Crippen molar-refractivity contribution in [1.82, 2.24) is 9.88 Å². The smallest absolute Gasteiger partial charge is 0.457 e. The summed E-state index contributed by atoms with van der Waals surface area (Å²) in [5.41, 5.74) is 1.71. The minimum atomic E-state index is -1.48. The molecule has 0 radical (unpaired) electrons. The number of carbonyl (C=O) groups excluding carboxylic acids is 6. The number of amides is 2. The largest absolute Gasteiger partial charge is 0.508 e. The fraction of sp³-hybridized carbons (Fsp3) is 0.457. The van der Waals surface area contributed by atoms with Gasteiger partial charge in [-0.2, -0.15) is 0 Å². The molecule has 5 atom stereocenters. The number of aryl methyl sites for hydroxylation is 1. The third-order valence-electron chi connectivity index (χ3n) is 11.0. The van der Waals surface area contributed by atoms with E-state index in [1.807, 2.05) is 39.0 Å². The Morgan fingerprint density at radius 3 is 2.48 bits per heavy atom. The molecule has 3 heterocycles. The first-order valence-corrected chi connectivity index (χ1v) is 21.1. The van der Waals surface area contributed by atoms with Gasteiger partial charge in [0.25, 0.3) is 11.8 Å². The number of aliphatic hydroxyl groups is 1. The van der Waals surface area contributed by atoms with Crippen molar-refractivity contribution in [3.63, 3.8) is 0 Å². The van der Waals surface area contributed by atoms with Crippen molar-refractivity contribution < 1.29 is 52.8 Å². The number of nitrogens with zero attached hydrogens (tertiary/aromatic N) is 2. The Balaban J connectivity index is 1.29. The van der Waals surface area contributed by atoms with E-state index in [2.05, 4.69) is 17.6 Å². The summed E-state index contributed by atoms with van der Waals surface area (Å²) in [6.07, 6.45) is 4.38. The van der Waals surface area contributed by atoms with Crippen LogP contribution in [0.3, 0.4) is 0 Å². The number of carbonyl (C=O) groups is 6. The molecule has 0 saturated heterocycles. The minimum Gasteiger partial charge on any atom is -0.457 e. The van der Waals surface area contributed by atoms with Gasteiger partial charge in [0.2, 0.25) is 0 Å². The normalized spacial score (nSPS) is 22.9. The number of Topliss-reactive ketones (excluding diaryl/α,β-unsaturated/α-hetero) is 1. The number of aliphatic hydroxyl groups excluding tert-OH is 1. The van der Waals surface area contributed by atoms with Crippen molar-refractivity contribution in [1.29, 1.82) is 0 Å². The van der Waals surface area contributed by atoms with E-state index >= 15 is 0 Å². The van der Waals surface area contributed by atoms with Gasteiger partial charge in [0.1, 0.15) is 30.3 Å². The molecule has 60 heavy (non-hydrogen) atoms. The highest BCUT2D eigenvalue weighted by molar-refractivity contribution is 7.18. The minimum absolute atomic E-state index is 0.0208. The van der Waals surface area contributed by atoms with Gasteiger partial charge in [-0.15, -0.1) is 17.9 Å². The fourth-order valence-electron chi connectivity index (χ4n) is 7.37. The summed E-state index contributed by atoms with van der Waals surface area (Å²) < 4.78 is 23.8. The molecule has 2 aliphatic heterocycles. The molecule has 0 fully saturated rings. The molecule has 13 nitrogen and oxygen atoms in total. The Bertz CT molecular complexity index is 2120. The zero-order valence-electron chi connectivity index (χ0n) is 34.8. The molecule has 320 valence electrons. The van der Waals surface area contributed by atoms with Gasteiger partial charge in [-0.25, -0.2) is 9.78 Å². The SMILES string of the molecule is C=CC[C@H]1C(=O)C(C)(C)[C@@H](OC(=O)OCc2ccc(OC(=O)CCCN3C(=O)C=CC3=O)cc2)CC(=O)O[C@H](c2ccc3sc(C)nc3c2)CC=C(C)CCC[C@H](C)[C@@H]1O. The molecule has 1 N–H and O–H groups in total. The Morgan fingerprint density at radius 1 is 1.07 bits per heavy atom. The van der Waals surface area contributed by atoms with Gasteiger partial charge in [0.05, 0.1) is 33.2 Å². The number of ether oxygens (including phenoxy) is 4. The zero-order chi connectivity index (χ0) is 43.6. The van der Waals surface area contributed by atoms with Crippen LogP contribution in [0.1, 0.15) is 101 Å². The van der Waals surface area contributed by atoms with Crippen LogP contribution < -0.4 is 4.74 Å². The highest BCUT2D eigenvalue weighted by Gasteiger charge is 2.46. The van der Waals surface area contributed by atoms with Crippen LogP contribution in [-0.2, 0) is 44.8 Å². The van der Waals surface area contributed by atoms with Crippen molar-refractivity contribution in [2.75, 3.05) is 6.54 Å². The van der Waals surface area contributed by atoms with Gasteiger partial charge >= 0.3 is 18.1 Å². The summed E-state index contributed by atoms with van der Waals surface area (Å²) in [5.74, 6) is -3.34. The molecule has 2 aromatic carbocycles. The lowest BCUT2D eigenvalue weighted by molar-refractivity contribution is -0.157. The Hall–Kier alpha value is -5.47. The van der Waals surface area contributed by atoms with E-state index in [1.54, 1.807) is 43.4 Å². The molecule has 0 saturated carbocycles. The van der Waals surface area contributed by atoms with Gasteiger partial charge in [-0.3, -0.25) is 28.9 Å². The lowest BCUT2D eigenvalue weighted by Crippen LogP contribution is -2.48. The number of aromatic nitrogens is 1. The molecule has 0 spiro atoms. The van der Waals surface area contributed by atoms with E-state index in [9.17, 15) is 33.9 Å². The first-order chi connectivity index (χ1) is 28.5. The van der Waals surface area contributed by atoms with Crippen LogP contribution in [0.15, 0.2) is 78.9 Å². The second kappa shape index (κ2) is 20.7. The first-order valence-electron chi connectivity index (χ1n) is 20.3. The summed E-state index contributed by atoms with van der Waals surface area (Å²) in [7, 11) is 0. The van der Waals surface area contributed by atoms with E-state index in [1.165, 1.54) is 24.3 Å². The average Bonchev–Trinajstić information content (AvgIpc) is 3.75. The topological polar surface area (TPSA) is 176 Å². The van der Waals surface area contributed by atoms with Crippen LogP contribution in [0.5, 0.6) is 5.75 Å². The molecule has 0 unspecified atom stereocenters. The van der Waals surface area contributed by atoms with Crippen LogP contribution in [0, 0.1) is 24.2 Å². The van der Waals surface area contributed by atoms with Gasteiger partial charge < -0.3 is 24.1 Å². The number of thiazole rings is 1. The second-order valence-electron chi connectivity index (χ2n) is 16.0. The number of rotatable bonds is 11. The maximum Gasteiger partial charge on any atom is 0.508 e. The van der Waals surface area contributed by atoms with Crippen LogP contribution in [0.25, 0.3) is 10.2 Å². The van der Waals surface area contributed by atoms with Crippen molar-refractivity contribution in [2.45, 2.75) is 111 Å². The first kappa shape index (κ1) is 45.6. The molecule has 1 aromatic heterocycles. The number of imide groups is 1. The number of cyclic esters (lactones) is 1. The van der Waals surface area contributed by atoms with Crippen LogP contribution in [-0.4, -0.2) is 69.4 Å². The van der Waals surface area contributed by atoms with E-state index in [-0.39, 0.29) is 44.1 Å². The van der Waals surface area contributed by atoms with Crippen LogP contribution in [0.2, 0.25) is 0 Å². The van der Waals surface area contributed by atoms with Crippen LogP contribution >= 0.6 is 11.3 Å².